The van der Waals surface area contributed by atoms with Crippen LogP contribution in [-0.2, 0) is 5.41 Å². The molecule has 3 rings (SSSR count). The highest BCUT2D eigenvalue weighted by Crippen LogP contribution is 2.42. The molecule has 2 aromatic rings. The number of thioether (sulfide) groups is 1. The van der Waals surface area contributed by atoms with Crippen molar-refractivity contribution in [3.05, 3.63) is 36.3 Å². The molecule has 1 aliphatic heterocycles. The number of rotatable bonds is 2. The molecule has 0 saturated heterocycles. The van der Waals surface area contributed by atoms with Gasteiger partial charge in [-0.25, -0.2) is 9.97 Å². The summed E-state index contributed by atoms with van der Waals surface area (Å²) in [5.41, 5.74) is 2.33. The largest absolute Gasteiger partial charge is 0.324 e. The lowest BCUT2D eigenvalue weighted by Crippen LogP contribution is -2.26. The van der Waals surface area contributed by atoms with Crippen molar-refractivity contribution in [3.63, 3.8) is 0 Å². The third-order valence-electron chi connectivity index (χ3n) is 3.35. The first kappa shape index (κ1) is 12.4. The molecule has 0 saturated carbocycles. The topological polar surface area (TPSA) is 41.9 Å². The van der Waals surface area contributed by atoms with E-state index in [4.69, 9.17) is 0 Å². The first-order valence-corrected chi connectivity index (χ1v) is 7.44. The minimum Gasteiger partial charge on any atom is -0.324 e. The normalized spacial score (nSPS) is 16.5. The predicted molar refractivity (Wildman–Crippen MR) is 78.1 cm³/mol. The number of pyridine rings is 1. The summed E-state index contributed by atoms with van der Waals surface area (Å²) in [5.74, 6) is 0.944. The zero-order valence-corrected chi connectivity index (χ0v) is 12.1. The maximum Gasteiger partial charge on any atom is 0.189 e. The predicted octanol–water partition coefficient (Wildman–Crippen LogP) is 3.02. The first-order chi connectivity index (χ1) is 9.12. The van der Waals surface area contributed by atoms with Gasteiger partial charge in [0.2, 0.25) is 0 Å². The van der Waals surface area contributed by atoms with E-state index in [0.29, 0.717) is 0 Å². The molecular formula is C14H16N4S. The molecule has 0 bridgehead atoms. The molecular weight excluding hydrogens is 256 g/mol. The van der Waals surface area contributed by atoms with E-state index in [0.717, 1.165) is 28.9 Å². The summed E-state index contributed by atoms with van der Waals surface area (Å²) < 4.78 is 0. The van der Waals surface area contributed by atoms with E-state index in [1.807, 2.05) is 30.8 Å². The van der Waals surface area contributed by atoms with Crippen LogP contribution < -0.4 is 4.90 Å². The van der Waals surface area contributed by atoms with Gasteiger partial charge in [0.1, 0.15) is 5.82 Å². The second-order valence-electron chi connectivity index (χ2n) is 5.24. The molecule has 0 aromatic carbocycles. The third kappa shape index (κ3) is 2.08. The van der Waals surface area contributed by atoms with Crippen molar-refractivity contribution in [2.24, 2.45) is 0 Å². The lowest BCUT2D eigenvalue weighted by molar-refractivity contribution is 0.552. The molecule has 0 unspecified atom stereocenters. The van der Waals surface area contributed by atoms with Crippen LogP contribution in [-0.4, -0.2) is 27.8 Å². The monoisotopic (exact) mass is 272 g/mol. The van der Waals surface area contributed by atoms with Crippen LogP contribution >= 0.6 is 11.8 Å². The minimum atomic E-state index is 0.0427. The maximum atomic E-state index is 4.59. The molecule has 0 atom stereocenters. The molecule has 98 valence electrons. The van der Waals surface area contributed by atoms with Crippen molar-refractivity contribution in [2.75, 3.05) is 17.7 Å². The summed E-state index contributed by atoms with van der Waals surface area (Å²) in [5, 5.41) is 0.799. The van der Waals surface area contributed by atoms with E-state index in [1.54, 1.807) is 11.8 Å². The van der Waals surface area contributed by atoms with Crippen LogP contribution in [0.5, 0.6) is 0 Å². The first-order valence-electron chi connectivity index (χ1n) is 6.22. The van der Waals surface area contributed by atoms with Crippen LogP contribution in [0.1, 0.15) is 19.5 Å². The lowest BCUT2D eigenvalue weighted by Gasteiger charge is -2.21. The van der Waals surface area contributed by atoms with Crippen molar-refractivity contribution >= 4 is 23.3 Å². The molecule has 1 aliphatic rings. The minimum absolute atomic E-state index is 0.0427. The standard InChI is InChI=1S/C14H16N4S/c1-14(2)9-18(10-5-4-7-15-12(10)14)11-6-8-16-13(17-11)19-3/h4-8H,9H2,1-3H3. The Morgan fingerprint density at radius 3 is 2.84 bits per heavy atom. The van der Waals surface area contributed by atoms with E-state index >= 15 is 0 Å². The molecule has 3 heterocycles. The lowest BCUT2D eigenvalue weighted by atomic mass is 9.91. The Morgan fingerprint density at radius 1 is 1.21 bits per heavy atom. The van der Waals surface area contributed by atoms with Gasteiger partial charge in [-0.15, -0.1) is 0 Å². The summed E-state index contributed by atoms with van der Waals surface area (Å²) in [6.45, 7) is 5.33. The van der Waals surface area contributed by atoms with Gasteiger partial charge in [-0.05, 0) is 24.5 Å². The Morgan fingerprint density at radius 2 is 2.05 bits per heavy atom. The van der Waals surface area contributed by atoms with Crippen molar-refractivity contribution in [1.82, 2.24) is 15.0 Å². The average Bonchev–Trinajstić information content (AvgIpc) is 2.72. The zero-order valence-electron chi connectivity index (χ0n) is 11.3. The third-order valence-corrected chi connectivity index (χ3v) is 3.91. The number of fused-ring (bicyclic) bond motifs is 1. The van der Waals surface area contributed by atoms with Gasteiger partial charge in [-0.1, -0.05) is 25.6 Å². The zero-order chi connectivity index (χ0) is 13.5. The second-order valence-corrected chi connectivity index (χ2v) is 6.02. The number of aromatic nitrogens is 3. The Labute approximate surface area is 117 Å². The van der Waals surface area contributed by atoms with Crippen LogP contribution in [0.2, 0.25) is 0 Å². The summed E-state index contributed by atoms with van der Waals surface area (Å²) in [4.78, 5) is 15.6. The molecule has 0 aliphatic carbocycles. The smallest absolute Gasteiger partial charge is 0.189 e. The summed E-state index contributed by atoms with van der Waals surface area (Å²) in [6.07, 6.45) is 5.66. The fourth-order valence-electron chi connectivity index (χ4n) is 2.48. The van der Waals surface area contributed by atoms with Gasteiger partial charge in [-0.2, -0.15) is 0 Å². The van der Waals surface area contributed by atoms with Crippen molar-refractivity contribution in [2.45, 2.75) is 24.4 Å². The number of hydrogen-bond donors (Lipinski definition) is 0. The highest BCUT2D eigenvalue weighted by atomic mass is 32.2. The average molecular weight is 272 g/mol. The van der Waals surface area contributed by atoms with Crippen molar-refractivity contribution in [3.8, 4) is 0 Å². The highest BCUT2D eigenvalue weighted by molar-refractivity contribution is 7.98. The van der Waals surface area contributed by atoms with E-state index in [2.05, 4.69) is 39.8 Å². The molecule has 0 fully saturated rings. The van der Waals surface area contributed by atoms with Gasteiger partial charge in [0.05, 0.1) is 11.4 Å². The second kappa shape index (κ2) is 4.49. The van der Waals surface area contributed by atoms with Gasteiger partial charge < -0.3 is 4.90 Å². The fourth-order valence-corrected chi connectivity index (χ4v) is 2.83. The van der Waals surface area contributed by atoms with Gasteiger partial charge >= 0.3 is 0 Å². The maximum absolute atomic E-state index is 4.59. The van der Waals surface area contributed by atoms with Gasteiger partial charge in [0.25, 0.3) is 0 Å². The Balaban J connectivity index is 2.08. The van der Waals surface area contributed by atoms with E-state index in [1.165, 1.54) is 0 Å². The quantitative estimate of drug-likeness (QED) is 0.621. The number of hydrogen-bond acceptors (Lipinski definition) is 5. The molecule has 0 radical (unpaired) electrons. The van der Waals surface area contributed by atoms with Crippen LogP contribution in [0, 0.1) is 0 Å². The summed E-state index contributed by atoms with van der Waals surface area (Å²) in [7, 11) is 0. The summed E-state index contributed by atoms with van der Waals surface area (Å²) >= 11 is 1.56. The van der Waals surface area contributed by atoms with Gasteiger partial charge in [0, 0.05) is 24.4 Å². The van der Waals surface area contributed by atoms with E-state index < -0.39 is 0 Å². The van der Waals surface area contributed by atoms with E-state index in [-0.39, 0.29) is 5.41 Å². The molecule has 0 amide bonds. The van der Waals surface area contributed by atoms with Crippen LogP contribution in [0.4, 0.5) is 11.5 Å². The van der Waals surface area contributed by atoms with E-state index in [9.17, 15) is 0 Å². The number of anilines is 2. The SMILES string of the molecule is CSc1nccc(N2CC(C)(C)c3ncccc32)n1. The Bertz CT molecular complexity index is 612. The van der Waals surface area contributed by atoms with Gasteiger partial charge in [0.15, 0.2) is 5.16 Å². The van der Waals surface area contributed by atoms with Crippen molar-refractivity contribution in [1.29, 1.82) is 0 Å². The molecule has 0 N–H and O–H groups in total. The highest BCUT2D eigenvalue weighted by Gasteiger charge is 2.37. The van der Waals surface area contributed by atoms with Gasteiger partial charge in [-0.3, -0.25) is 4.98 Å². The number of nitrogens with zero attached hydrogens (tertiary/aromatic N) is 4. The van der Waals surface area contributed by atoms with Crippen LogP contribution in [0.25, 0.3) is 0 Å². The molecule has 4 nitrogen and oxygen atoms in total. The van der Waals surface area contributed by atoms with Crippen LogP contribution in [0.3, 0.4) is 0 Å². The molecule has 2 aromatic heterocycles. The molecule has 19 heavy (non-hydrogen) atoms. The molecule has 5 heteroatoms. The fraction of sp³-hybridized carbons (Fsp3) is 0.357. The summed E-state index contributed by atoms with van der Waals surface area (Å²) in [6, 6.07) is 6.04. The molecule has 0 spiro atoms. The Hall–Kier alpha value is -1.62. The van der Waals surface area contributed by atoms with Crippen molar-refractivity contribution < 1.29 is 0 Å². The van der Waals surface area contributed by atoms with Crippen LogP contribution in [0.15, 0.2) is 35.7 Å². The Kier molecular flexibility index (Phi) is 2.93.